The van der Waals surface area contributed by atoms with Gasteiger partial charge in [0.25, 0.3) is 0 Å². The molecule has 2 aromatic rings. The number of amides is 1. The maximum atomic E-state index is 12.4. The van der Waals surface area contributed by atoms with Gasteiger partial charge in [-0.2, -0.15) is 0 Å². The van der Waals surface area contributed by atoms with Crippen molar-refractivity contribution < 1.29 is 14.3 Å². The van der Waals surface area contributed by atoms with Crippen LogP contribution in [0.15, 0.2) is 42.5 Å². The van der Waals surface area contributed by atoms with Gasteiger partial charge in [0, 0.05) is 35.0 Å². The van der Waals surface area contributed by atoms with Gasteiger partial charge in [-0.1, -0.05) is 23.7 Å². The molecule has 0 saturated heterocycles. The summed E-state index contributed by atoms with van der Waals surface area (Å²) < 4.78 is 10.4. The molecular weight excluding hydrogens is 340 g/mol. The van der Waals surface area contributed by atoms with Crippen LogP contribution in [0.3, 0.4) is 0 Å². The lowest BCUT2D eigenvalue weighted by Gasteiger charge is -2.24. The van der Waals surface area contributed by atoms with Crippen molar-refractivity contribution in [2.45, 2.75) is 13.0 Å². The maximum Gasteiger partial charge on any atom is 0.238 e. The van der Waals surface area contributed by atoms with Crippen LogP contribution < -0.4 is 14.8 Å². The SMILES string of the molecule is COc1cc(NC(=O)CN(C)C(C)c2cccc(Cl)c2)cc(OC)c1. The number of nitrogens with one attached hydrogen (secondary N) is 1. The predicted octanol–water partition coefficient (Wildman–Crippen LogP) is 3.99. The molecule has 0 saturated carbocycles. The second kappa shape index (κ2) is 8.74. The Labute approximate surface area is 153 Å². The van der Waals surface area contributed by atoms with Crippen molar-refractivity contribution in [2.24, 2.45) is 0 Å². The number of ether oxygens (including phenoxy) is 2. The molecule has 0 bridgehead atoms. The van der Waals surface area contributed by atoms with Crippen molar-refractivity contribution in [3.8, 4) is 11.5 Å². The first kappa shape index (κ1) is 19.1. The van der Waals surface area contributed by atoms with Crippen LogP contribution in [0.25, 0.3) is 0 Å². The number of benzene rings is 2. The normalized spacial score (nSPS) is 11.9. The number of hydrogen-bond donors (Lipinski definition) is 1. The molecule has 5 nitrogen and oxygen atoms in total. The average Bonchev–Trinajstić information content (AvgIpc) is 2.60. The Bertz CT molecular complexity index is 714. The highest BCUT2D eigenvalue weighted by Crippen LogP contribution is 2.26. The quantitative estimate of drug-likeness (QED) is 0.809. The summed E-state index contributed by atoms with van der Waals surface area (Å²) in [6.45, 7) is 2.28. The summed E-state index contributed by atoms with van der Waals surface area (Å²) in [7, 11) is 5.04. The molecule has 2 aromatic carbocycles. The molecule has 0 spiro atoms. The molecular formula is C19H23ClN2O3. The second-order valence-electron chi connectivity index (χ2n) is 5.80. The second-order valence-corrected chi connectivity index (χ2v) is 6.23. The monoisotopic (exact) mass is 362 g/mol. The van der Waals surface area contributed by atoms with Gasteiger partial charge in [-0.05, 0) is 31.7 Å². The molecule has 6 heteroatoms. The van der Waals surface area contributed by atoms with Gasteiger partial charge < -0.3 is 14.8 Å². The Balaban J connectivity index is 2.02. The third-order valence-corrected chi connectivity index (χ3v) is 4.26. The lowest BCUT2D eigenvalue weighted by molar-refractivity contribution is -0.117. The minimum absolute atomic E-state index is 0.0595. The van der Waals surface area contributed by atoms with Gasteiger partial charge >= 0.3 is 0 Å². The van der Waals surface area contributed by atoms with E-state index in [2.05, 4.69) is 5.32 Å². The summed E-state index contributed by atoms with van der Waals surface area (Å²) in [6, 6.07) is 13.0. The summed E-state index contributed by atoms with van der Waals surface area (Å²) in [5.41, 5.74) is 1.69. The van der Waals surface area contributed by atoms with Crippen molar-refractivity contribution in [3.05, 3.63) is 53.1 Å². The van der Waals surface area contributed by atoms with Gasteiger partial charge in [0.2, 0.25) is 5.91 Å². The molecule has 0 aliphatic carbocycles. The van der Waals surface area contributed by atoms with Crippen LogP contribution in [0, 0.1) is 0 Å². The molecule has 0 aliphatic heterocycles. The van der Waals surface area contributed by atoms with E-state index < -0.39 is 0 Å². The van der Waals surface area contributed by atoms with Crippen molar-refractivity contribution in [3.63, 3.8) is 0 Å². The lowest BCUT2D eigenvalue weighted by atomic mass is 10.1. The molecule has 0 radical (unpaired) electrons. The Hall–Kier alpha value is -2.24. The molecule has 0 aliphatic rings. The fraction of sp³-hybridized carbons (Fsp3) is 0.316. The first-order valence-electron chi connectivity index (χ1n) is 7.91. The van der Waals surface area contributed by atoms with E-state index in [1.165, 1.54) is 0 Å². The van der Waals surface area contributed by atoms with Crippen molar-refractivity contribution in [2.75, 3.05) is 33.1 Å². The minimum Gasteiger partial charge on any atom is -0.497 e. The van der Waals surface area contributed by atoms with Crippen LogP contribution in [0.4, 0.5) is 5.69 Å². The summed E-state index contributed by atoms with van der Waals surface area (Å²) >= 11 is 6.04. The molecule has 1 amide bonds. The van der Waals surface area contributed by atoms with Crippen LogP contribution in [-0.4, -0.2) is 38.6 Å². The third kappa shape index (κ3) is 5.37. The maximum absolute atomic E-state index is 12.4. The highest BCUT2D eigenvalue weighted by atomic mass is 35.5. The fourth-order valence-electron chi connectivity index (χ4n) is 2.46. The predicted molar refractivity (Wildman–Crippen MR) is 101 cm³/mol. The number of halogens is 1. The Morgan fingerprint density at radius 1 is 1.16 bits per heavy atom. The number of rotatable bonds is 7. The molecule has 0 fully saturated rings. The standard InChI is InChI=1S/C19H23ClN2O3/c1-13(14-6-5-7-15(20)8-14)22(2)12-19(23)21-16-9-17(24-3)11-18(10-16)25-4/h5-11,13H,12H2,1-4H3,(H,21,23). The van der Waals surface area contributed by atoms with E-state index in [0.29, 0.717) is 22.2 Å². The average molecular weight is 363 g/mol. The lowest BCUT2D eigenvalue weighted by Crippen LogP contribution is -2.32. The van der Waals surface area contributed by atoms with Gasteiger partial charge in [-0.25, -0.2) is 0 Å². The van der Waals surface area contributed by atoms with Crippen molar-refractivity contribution in [1.29, 1.82) is 0 Å². The third-order valence-electron chi connectivity index (χ3n) is 4.02. The van der Waals surface area contributed by atoms with Crippen LogP contribution in [-0.2, 0) is 4.79 Å². The van der Waals surface area contributed by atoms with E-state index in [9.17, 15) is 4.79 Å². The van der Waals surface area contributed by atoms with E-state index in [1.54, 1.807) is 32.4 Å². The van der Waals surface area contributed by atoms with E-state index in [0.717, 1.165) is 5.56 Å². The van der Waals surface area contributed by atoms with Crippen LogP contribution >= 0.6 is 11.6 Å². The van der Waals surface area contributed by atoms with Gasteiger partial charge in [-0.15, -0.1) is 0 Å². The largest absolute Gasteiger partial charge is 0.497 e. The van der Waals surface area contributed by atoms with Gasteiger partial charge in [0.05, 0.1) is 20.8 Å². The first-order valence-corrected chi connectivity index (χ1v) is 8.29. The van der Waals surface area contributed by atoms with E-state index in [-0.39, 0.29) is 18.5 Å². The number of carbonyl (C=O) groups is 1. The molecule has 1 atom stereocenters. The zero-order valence-corrected chi connectivity index (χ0v) is 15.6. The number of nitrogens with zero attached hydrogens (tertiary/aromatic N) is 1. The summed E-state index contributed by atoms with van der Waals surface area (Å²) in [5, 5.41) is 3.56. The molecule has 1 N–H and O–H groups in total. The van der Waals surface area contributed by atoms with E-state index in [4.69, 9.17) is 21.1 Å². The van der Waals surface area contributed by atoms with Crippen LogP contribution in [0.5, 0.6) is 11.5 Å². The van der Waals surface area contributed by atoms with E-state index in [1.807, 2.05) is 43.1 Å². The van der Waals surface area contributed by atoms with Gasteiger partial charge in [0.15, 0.2) is 0 Å². The molecule has 0 heterocycles. The molecule has 2 rings (SSSR count). The number of carbonyl (C=O) groups excluding carboxylic acids is 1. The first-order chi connectivity index (χ1) is 11.9. The molecule has 1 unspecified atom stereocenters. The highest BCUT2D eigenvalue weighted by Gasteiger charge is 2.15. The van der Waals surface area contributed by atoms with Crippen molar-refractivity contribution in [1.82, 2.24) is 4.90 Å². The summed E-state index contributed by atoms with van der Waals surface area (Å²) in [6.07, 6.45) is 0. The Kier molecular flexibility index (Phi) is 6.67. The number of methoxy groups -OCH3 is 2. The summed E-state index contributed by atoms with van der Waals surface area (Å²) in [4.78, 5) is 14.3. The Morgan fingerprint density at radius 2 is 1.80 bits per heavy atom. The zero-order chi connectivity index (χ0) is 18.4. The Morgan fingerprint density at radius 3 is 2.36 bits per heavy atom. The van der Waals surface area contributed by atoms with E-state index >= 15 is 0 Å². The zero-order valence-electron chi connectivity index (χ0n) is 14.9. The van der Waals surface area contributed by atoms with Gasteiger partial charge in [0.1, 0.15) is 11.5 Å². The van der Waals surface area contributed by atoms with Crippen molar-refractivity contribution >= 4 is 23.2 Å². The smallest absolute Gasteiger partial charge is 0.238 e. The number of hydrogen-bond acceptors (Lipinski definition) is 4. The van der Waals surface area contributed by atoms with Gasteiger partial charge in [-0.3, -0.25) is 9.69 Å². The molecule has 25 heavy (non-hydrogen) atoms. The highest BCUT2D eigenvalue weighted by molar-refractivity contribution is 6.30. The van der Waals surface area contributed by atoms with Crippen LogP contribution in [0.1, 0.15) is 18.5 Å². The minimum atomic E-state index is -0.119. The topological polar surface area (TPSA) is 50.8 Å². The fourth-order valence-corrected chi connectivity index (χ4v) is 2.66. The number of likely N-dealkylation sites (N-methyl/N-ethyl adjacent to an activating group) is 1. The van der Waals surface area contributed by atoms with Crippen LogP contribution in [0.2, 0.25) is 5.02 Å². The molecule has 0 aromatic heterocycles. The molecule has 134 valence electrons. The number of anilines is 1. The summed E-state index contributed by atoms with van der Waals surface area (Å²) in [5.74, 6) is 1.12.